The molecule has 1 heterocycles. The van der Waals surface area contributed by atoms with Gasteiger partial charge in [0.1, 0.15) is 5.75 Å². The van der Waals surface area contributed by atoms with E-state index in [1.165, 1.54) is 0 Å². The first-order valence-corrected chi connectivity index (χ1v) is 5.65. The van der Waals surface area contributed by atoms with Gasteiger partial charge in [0, 0.05) is 6.20 Å². The van der Waals surface area contributed by atoms with Crippen LogP contribution in [0.3, 0.4) is 0 Å². The van der Waals surface area contributed by atoms with Crippen molar-refractivity contribution in [2.24, 2.45) is 0 Å². The van der Waals surface area contributed by atoms with E-state index in [1.807, 2.05) is 43.3 Å². The Balaban J connectivity index is 1.88. The van der Waals surface area contributed by atoms with E-state index in [-0.39, 0.29) is 12.5 Å². The van der Waals surface area contributed by atoms with Gasteiger partial charge in [0.15, 0.2) is 6.61 Å². The van der Waals surface area contributed by atoms with Gasteiger partial charge in [-0.2, -0.15) is 0 Å². The molecule has 4 heteroatoms. The normalized spacial score (nSPS) is 9.83. The molecule has 1 amide bonds. The zero-order valence-electron chi connectivity index (χ0n) is 10.1. The molecular formula is C14H14N2O2. The molecule has 2 rings (SSSR count). The largest absolute Gasteiger partial charge is 0.484 e. The van der Waals surface area contributed by atoms with Gasteiger partial charge in [-0.1, -0.05) is 18.2 Å². The predicted molar refractivity (Wildman–Crippen MR) is 69.5 cm³/mol. The Morgan fingerprint density at radius 1 is 1.22 bits per heavy atom. The van der Waals surface area contributed by atoms with E-state index in [0.717, 1.165) is 5.69 Å². The summed E-state index contributed by atoms with van der Waals surface area (Å²) in [5.41, 5.74) is 1.49. The van der Waals surface area contributed by atoms with Gasteiger partial charge in [-0.15, -0.1) is 0 Å². The summed E-state index contributed by atoms with van der Waals surface area (Å²) < 4.78 is 5.35. The van der Waals surface area contributed by atoms with Crippen LogP contribution in [0.4, 0.5) is 5.69 Å². The smallest absolute Gasteiger partial charge is 0.262 e. The Labute approximate surface area is 106 Å². The van der Waals surface area contributed by atoms with Crippen molar-refractivity contribution in [1.82, 2.24) is 4.98 Å². The van der Waals surface area contributed by atoms with Gasteiger partial charge in [0.05, 0.1) is 11.4 Å². The molecule has 0 unspecified atom stereocenters. The molecule has 0 fully saturated rings. The maximum Gasteiger partial charge on any atom is 0.262 e. The van der Waals surface area contributed by atoms with E-state index >= 15 is 0 Å². The zero-order valence-corrected chi connectivity index (χ0v) is 10.1. The average molecular weight is 242 g/mol. The van der Waals surface area contributed by atoms with Crippen LogP contribution in [-0.4, -0.2) is 17.5 Å². The number of amides is 1. The highest BCUT2D eigenvalue weighted by Gasteiger charge is 2.05. The minimum atomic E-state index is -0.199. The van der Waals surface area contributed by atoms with Crippen molar-refractivity contribution in [2.75, 3.05) is 11.9 Å². The van der Waals surface area contributed by atoms with Crippen molar-refractivity contribution in [3.8, 4) is 5.75 Å². The van der Waals surface area contributed by atoms with Crippen LogP contribution < -0.4 is 10.1 Å². The molecule has 0 aliphatic carbocycles. The Morgan fingerprint density at radius 2 is 2.00 bits per heavy atom. The van der Waals surface area contributed by atoms with E-state index in [4.69, 9.17) is 4.74 Å². The summed E-state index contributed by atoms with van der Waals surface area (Å²) in [6, 6.07) is 12.8. The number of hydrogen-bond donors (Lipinski definition) is 1. The van der Waals surface area contributed by atoms with Crippen molar-refractivity contribution < 1.29 is 9.53 Å². The second-order valence-corrected chi connectivity index (χ2v) is 3.79. The van der Waals surface area contributed by atoms with Crippen LogP contribution in [0, 0.1) is 6.92 Å². The Kier molecular flexibility index (Phi) is 3.91. The van der Waals surface area contributed by atoms with Crippen molar-refractivity contribution in [3.05, 3.63) is 54.4 Å². The SMILES string of the molecule is Cc1ncccc1NC(=O)COc1ccccc1. The summed E-state index contributed by atoms with van der Waals surface area (Å²) >= 11 is 0. The molecule has 0 aliphatic heterocycles. The molecule has 18 heavy (non-hydrogen) atoms. The molecule has 1 N–H and O–H groups in total. The highest BCUT2D eigenvalue weighted by molar-refractivity contribution is 5.92. The van der Waals surface area contributed by atoms with Crippen molar-refractivity contribution in [3.63, 3.8) is 0 Å². The number of nitrogens with zero attached hydrogens (tertiary/aromatic N) is 1. The molecule has 0 saturated heterocycles. The van der Waals surface area contributed by atoms with Gasteiger partial charge in [-0.25, -0.2) is 0 Å². The van der Waals surface area contributed by atoms with Gasteiger partial charge in [-0.3, -0.25) is 9.78 Å². The summed E-state index contributed by atoms with van der Waals surface area (Å²) in [5, 5.41) is 2.75. The van der Waals surface area contributed by atoms with Gasteiger partial charge >= 0.3 is 0 Å². The summed E-state index contributed by atoms with van der Waals surface area (Å²) in [6.45, 7) is 1.83. The van der Waals surface area contributed by atoms with E-state index < -0.39 is 0 Å². The third-order valence-corrected chi connectivity index (χ3v) is 2.39. The first-order valence-electron chi connectivity index (χ1n) is 5.65. The molecule has 4 nitrogen and oxygen atoms in total. The van der Waals surface area contributed by atoms with Gasteiger partial charge in [-0.05, 0) is 31.2 Å². The zero-order chi connectivity index (χ0) is 12.8. The number of nitrogens with one attached hydrogen (secondary N) is 1. The number of aryl methyl sites for hydroxylation is 1. The van der Waals surface area contributed by atoms with E-state index in [0.29, 0.717) is 11.4 Å². The fourth-order valence-corrected chi connectivity index (χ4v) is 1.47. The quantitative estimate of drug-likeness (QED) is 0.895. The van der Waals surface area contributed by atoms with Crippen molar-refractivity contribution in [2.45, 2.75) is 6.92 Å². The maximum absolute atomic E-state index is 11.7. The van der Waals surface area contributed by atoms with Crippen molar-refractivity contribution >= 4 is 11.6 Å². The number of rotatable bonds is 4. The molecule has 1 aromatic heterocycles. The lowest BCUT2D eigenvalue weighted by Crippen LogP contribution is -2.20. The first-order chi connectivity index (χ1) is 8.75. The molecule has 92 valence electrons. The lowest BCUT2D eigenvalue weighted by atomic mass is 10.3. The van der Waals surface area contributed by atoms with Crippen LogP contribution in [0.1, 0.15) is 5.69 Å². The lowest BCUT2D eigenvalue weighted by Gasteiger charge is -2.08. The number of aromatic nitrogens is 1. The summed E-state index contributed by atoms with van der Waals surface area (Å²) in [5.74, 6) is 0.477. The minimum absolute atomic E-state index is 0.0155. The second kappa shape index (κ2) is 5.82. The summed E-state index contributed by atoms with van der Waals surface area (Å²) in [4.78, 5) is 15.8. The number of hydrogen-bond acceptors (Lipinski definition) is 3. The number of carbonyl (C=O) groups is 1. The number of pyridine rings is 1. The molecule has 0 aliphatic rings. The van der Waals surface area contributed by atoms with Gasteiger partial charge < -0.3 is 10.1 Å². The molecule has 2 aromatic rings. The van der Waals surface area contributed by atoms with Crippen LogP contribution in [-0.2, 0) is 4.79 Å². The third-order valence-electron chi connectivity index (χ3n) is 2.39. The molecule has 0 radical (unpaired) electrons. The number of benzene rings is 1. The fourth-order valence-electron chi connectivity index (χ4n) is 1.47. The molecule has 0 spiro atoms. The Bertz CT molecular complexity index is 526. The molecular weight excluding hydrogens is 228 g/mol. The Hall–Kier alpha value is -2.36. The van der Waals surface area contributed by atoms with E-state index in [9.17, 15) is 4.79 Å². The summed E-state index contributed by atoms with van der Waals surface area (Å²) in [7, 11) is 0. The highest BCUT2D eigenvalue weighted by Crippen LogP contribution is 2.11. The van der Waals surface area contributed by atoms with Gasteiger partial charge in [0.25, 0.3) is 5.91 Å². The molecule has 0 saturated carbocycles. The minimum Gasteiger partial charge on any atom is -0.484 e. The highest BCUT2D eigenvalue weighted by atomic mass is 16.5. The second-order valence-electron chi connectivity index (χ2n) is 3.79. The summed E-state index contributed by atoms with van der Waals surface area (Å²) in [6.07, 6.45) is 1.69. The molecule has 1 aromatic carbocycles. The average Bonchev–Trinajstić information content (AvgIpc) is 2.40. The lowest BCUT2D eigenvalue weighted by molar-refractivity contribution is -0.118. The first kappa shape index (κ1) is 12.1. The molecule has 0 bridgehead atoms. The van der Waals surface area contributed by atoms with Crippen LogP contribution >= 0.6 is 0 Å². The van der Waals surface area contributed by atoms with Crippen LogP contribution in [0.2, 0.25) is 0 Å². The van der Waals surface area contributed by atoms with Crippen LogP contribution in [0.5, 0.6) is 5.75 Å². The Morgan fingerprint density at radius 3 is 2.72 bits per heavy atom. The number of carbonyl (C=O) groups excluding carboxylic acids is 1. The van der Waals surface area contributed by atoms with Crippen LogP contribution in [0.25, 0.3) is 0 Å². The number of para-hydroxylation sites is 1. The monoisotopic (exact) mass is 242 g/mol. The van der Waals surface area contributed by atoms with Gasteiger partial charge in [0.2, 0.25) is 0 Å². The van der Waals surface area contributed by atoms with E-state index in [1.54, 1.807) is 12.3 Å². The number of anilines is 1. The molecule has 0 atom stereocenters. The number of ether oxygens (including phenoxy) is 1. The maximum atomic E-state index is 11.7. The van der Waals surface area contributed by atoms with E-state index in [2.05, 4.69) is 10.3 Å². The third kappa shape index (κ3) is 3.31. The van der Waals surface area contributed by atoms with Crippen LogP contribution in [0.15, 0.2) is 48.7 Å². The standard InChI is InChI=1S/C14H14N2O2/c1-11-13(8-5-9-15-11)16-14(17)10-18-12-6-3-2-4-7-12/h2-9H,10H2,1H3,(H,16,17). The van der Waals surface area contributed by atoms with Crippen molar-refractivity contribution in [1.29, 1.82) is 0 Å². The predicted octanol–water partition coefficient (Wildman–Crippen LogP) is 2.41. The fraction of sp³-hybridized carbons (Fsp3) is 0.143. The topological polar surface area (TPSA) is 51.2 Å².